The minimum absolute atomic E-state index is 0.396. The zero-order chi connectivity index (χ0) is 24.1. The van der Waals surface area contributed by atoms with E-state index in [2.05, 4.69) is 81.4 Å². The molecule has 1 N–H and O–H groups in total. The highest BCUT2D eigenvalue weighted by molar-refractivity contribution is 5.92. The molecular weight excluding hydrogens is 436 g/mol. The number of aryl methyl sites for hydroxylation is 2. The van der Waals surface area contributed by atoms with E-state index >= 15 is 0 Å². The predicted octanol–water partition coefficient (Wildman–Crippen LogP) is 4.82. The lowest BCUT2D eigenvalue weighted by atomic mass is 9.87. The topological polar surface area (TPSA) is 79.9 Å². The maximum atomic E-state index is 4.36. The van der Waals surface area contributed by atoms with Crippen LogP contribution >= 0.6 is 0 Å². The number of pyridine rings is 1. The van der Waals surface area contributed by atoms with Crippen LogP contribution in [0.25, 0.3) is 27.8 Å². The molecule has 1 saturated heterocycles. The molecule has 8 heteroatoms. The normalized spacial score (nSPS) is 15.7. The second kappa shape index (κ2) is 8.61. The largest absolute Gasteiger partial charge is 0.354 e. The van der Waals surface area contributed by atoms with E-state index < -0.39 is 0 Å². The molecule has 0 spiro atoms. The molecule has 0 radical (unpaired) electrons. The Morgan fingerprint density at radius 2 is 1.97 bits per heavy atom. The van der Waals surface area contributed by atoms with Gasteiger partial charge in [-0.15, -0.1) is 10.2 Å². The van der Waals surface area contributed by atoms with Crippen LogP contribution in [0.2, 0.25) is 0 Å². The zero-order valence-electron chi connectivity index (χ0n) is 20.9. The minimum atomic E-state index is 0.396. The number of likely N-dealkylation sites (tertiary alicyclic amines) is 1. The van der Waals surface area contributed by atoms with Crippen molar-refractivity contribution in [3.8, 4) is 11.3 Å². The van der Waals surface area contributed by atoms with Gasteiger partial charge in [-0.05, 0) is 79.6 Å². The van der Waals surface area contributed by atoms with Crippen molar-refractivity contribution < 1.29 is 0 Å². The maximum absolute atomic E-state index is 4.36. The number of hydrogen-bond acceptors (Lipinski definition) is 5. The number of fused-ring (bicyclic) bond motifs is 2. The molecule has 180 valence electrons. The summed E-state index contributed by atoms with van der Waals surface area (Å²) in [5.41, 5.74) is 8.49. The van der Waals surface area contributed by atoms with Gasteiger partial charge in [0.05, 0.1) is 12.2 Å². The third kappa shape index (κ3) is 3.91. The number of nitrogens with zero attached hydrogens (tertiary/aromatic N) is 7. The number of aromatic nitrogens is 7. The molecule has 1 fully saturated rings. The summed E-state index contributed by atoms with van der Waals surface area (Å²) in [4.78, 5) is 10.6. The van der Waals surface area contributed by atoms with E-state index in [4.69, 9.17) is 0 Å². The van der Waals surface area contributed by atoms with E-state index in [0.717, 1.165) is 31.1 Å². The van der Waals surface area contributed by atoms with Gasteiger partial charge in [-0.3, -0.25) is 4.90 Å². The molecule has 4 aromatic heterocycles. The van der Waals surface area contributed by atoms with Gasteiger partial charge in [0.25, 0.3) is 0 Å². The summed E-state index contributed by atoms with van der Waals surface area (Å²) in [5, 5.41) is 14.0. The molecule has 1 aromatic carbocycles. The van der Waals surface area contributed by atoms with Gasteiger partial charge in [-0.2, -0.15) is 5.10 Å². The SMILES string of the molecule is Cc1cc2ncnn2cc1-c1[nH]c2ccc(C3CCN(Cc4nncn4C)CC3)cc2c1C(C)C. The molecule has 5 aromatic rings. The van der Waals surface area contributed by atoms with Crippen LogP contribution in [0.5, 0.6) is 0 Å². The Labute approximate surface area is 205 Å². The second-order valence-corrected chi connectivity index (χ2v) is 10.2. The number of benzene rings is 1. The number of aromatic amines is 1. The highest BCUT2D eigenvalue weighted by atomic mass is 15.3. The molecule has 0 bridgehead atoms. The van der Waals surface area contributed by atoms with Crippen molar-refractivity contribution in [2.75, 3.05) is 13.1 Å². The fourth-order valence-electron chi connectivity index (χ4n) is 5.59. The minimum Gasteiger partial charge on any atom is -0.354 e. The van der Waals surface area contributed by atoms with Crippen LogP contribution in [0.3, 0.4) is 0 Å². The Balaban J connectivity index is 1.30. The molecule has 5 heterocycles. The molecule has 1 aliphatic rings. The molecule has 0 atom stereocenters. The average molecular weight is 469 g/mol. The van der Waals surface area contributed by atoms with Crippen molar-refractivity contribution in [1.29, 1.82) is 0 Å². The van der Waals surface area contributed by atoms with Crippen LogP contribution < -0.4 is 0 Å². The van der Waals surface area contributed by atoms with Crippen molar-refractivity contribution in [3.05, 3.63) is 65.6 Å². The van der Waals surface area contributed by atoms with Crippen molar-refractivity contribution in [2.24, 2.45) is 7.05 Å². The first-order valence-corrected chi connectivity index (χ1v) is 12.5. The Morgan fingerprint density at radius 1 is 1.14 bits per heavy atom. The van der Waals surface area contributed by atoms with Crippen LogP contribution in [0, 0.1) is 6.92 Å². The number of hydrogen-bond donors (Lipinski definition) is 1. The lowest BCUT2D eigenvalue weighted by Gasteiger charge is -2.31. The Morgan fingerprint density at radius 3 is 2.71 bits per heavy atom. The quantitative estimate of drug-likeness (QED) is 0.400. The third-order valence-corrected chi connectivity index (χ3v) is 7.56. The fourth-order valence-corrected chi connectivity index (χ4v) is 5.59. The monoisotopic (exact) mass is 468 g/mol. The van der Waals surface area contributed by atoms with Crippen LogP contribution in [-0.2, 0) is 13.6 Å². The summed E-state index contributed by atoms with van der Waals surface area (Å²) < 4.78 is 3.87. The van der Waals surface area contributed by atoms with Crippen LogP contribution in [0.4, 0.5) is 0 Å². The van der Waals surface area contributed by atoms with Gasteiger partial charge in [0.2, 0.25) is 0 Å². The lowest BCUT2D eigenvalue weighted by Crippen LogP contribution is -2.33. The smallest absolute Gasteiger partial charge is 0.155 e. The highest BCUT2D eigenvalue weighted by Gasteiger charge is 2.24. The van der Waals surface area contributed by atoms with Crippen molar-refractivity contribution in [2.45, 2.75) is 52.0 Å². The van der Waals surface area contributed by atoms with E-state index in [1.54, 1.807) is 12.7 Å². The van der Waals surface area contributed by atoms with E-state index in [1.807, 2.05) is 16.1 Å². The molecule has 35 heavy (non-hydrogen) atoms. The van der Waals surface area contributed by atoms with E-state index in [-0.39, 0.29) is 0 Å². The van der Waals surface area contributed by atoms with Crippen LogP contribution in [0.15, 0.2) is 43.1 Å². The van der Waals surface area contributed by atoms with Crippen LogP contribution in [-0.4, -0.2) is 52.3 Å². The van der Waals surface area contributed by atoms with Crippen molar-refractivity contribution in [3.63, 3.8) is 0 Å². The Bertz CT molecular complexity index is 1500. The molecule has 0 amide bonds. The summed E-state index contributed by atoms with van der Waals surface area (Å²) in [6.07, 6.45) is 7.82. The van der Waals surface area contributed by atoms with Gasteiger partial charge < -0.3 is 9.55 Å². The first-order valence-electron chi connectivity index (χ1n) is 12.5. The van der Waals surface area contributed by atoms with Gasteiger partial charge in [-0.25, -0.2) is 9.50 Å². The van der Waals surface area contributed by atoms with Gasteiger partial charge in [0.1, 0.15) is 18.5 Å². The Kier molecular flexibility index (Phi) is 5.40. The lowest BCUT2D eigenvalue weighted by molar-refractivity contribution is 0.198. The summed E-state index contributed by atoms with van der Waals surface area (Å²) >= 11 is 0. The molecular formula is C27H32N8. The third-order valence-electron chi connectivity index (χ3n) is 7.56. The summed E-state index contributed by atoms with van der Waals surface area (Å²) in [7, 11) is 2.01. The Hall–Kier alpha value is -3.52. The number of rotatable bonds is 5. The zero-order valence-corrected chi connectivity index (χ0v) is 20.9. The summed E-state index contributed by atoms with van der Waals surface area (Å²) in [6, 6.07) is 9.15. The van der Waals surface area contributed by atoms with Gasteiger partial charge in [-0.1, -0.05) is 19.9 Å². The molecule has 0 aliphatic carbocycles. The average Bonchev–Trinajstić information content (AvgIpc) is 3.56. The van der Waals surface area contributed by atoms with Crippen molar-refractivity contribution in [1.82, 2.24) is 39.2 Å². The number of piperidine rings is 1. The first kappa shape index (κ1) is 22.0. The van der Waals surface area contributed by atoms with Gasteiger partial charge in [0, 0.05) is 29.7 Å². The maximum Gasteiger partial charge on any atom is 0.155 e. The van der Waals surface area contributed by atoms with E-state index in [9.17, 15) is 0 Å². The van der Waals surface area contributed by atoms with Gasteiger partial charge in [0.15, 0.2) is 5.65 Å². The molecule has 0 unspecified atom stereocenters. The first-order chi connectivity index (χ1) is 17.0. The number of nitrogens with one attached hydrogen (secondary N) is 1. The van der Waals surface area contributed by atoms with Crippen LogP contribution in [0.1, 0.15) is 61.0 Å². The van der Waals surface area contributed by atoms with Crippen molar-refractivity contribution >= 4 is 16.6 Å². The molecule has 6 rings (SSSR count). The number of H-pyrrole nitrogens is 1. The van der Waals surface area contributed by atoms with E-state index in [0.29, 0.717) is 11.8 Å². The summed E-state index contributed by atoms with van der Waals surface area (Å²) in [5.74, 6) is 2.01. The molecule has 1 aliphatic heterocycles. The van der Waals surface area contributed by atoms with Gasteiger partial charge >= 0.3 is 0 Å². The predicted molar refractivity (Wildman–Crippen MR) is 137 cm³/mol. The second-order valence-electron chi connectivity index (χ2n) is 10.2. The molecule has 8 nitrogen and oxygen atoms in total. The van der Waals surface area contributed by atoms with E-state index in [1.165, 1.54) is 51.7 Å². The highest BCUT2D eigenvalue weighted by Crippen LogP contribution is 2.39. The summed E-state index contributed by atoms with van der Waals surface area (Å²) in [6.45, 7) is 9.76. The standard InChI is InChI=1S/C27H32N8/c1-17(2)26-21-12-20(19-7-9-34(10-8-19)14-25-32-29-16-33(25)4)5-6-23(21)31-27(26)22-13-35-24(11-18(22)3)28-15-30-35/h5-6,11-13,15-17,19,31H,7-10,14H2,1-4H3. The molecule has 0 saturated carbocycles. The fraction of sp³-hybridized carbons (Fsp3) is 0.407.